The Bertz CT molecular complexity index is 1070. The maximum atomic E-state index is 12.9. The Hall–Kier alpha value is -2.68. The second kappa shape index (κ2) is 7.75. The zero-order valence-corrected chi connectivity index (χ0v) is 17.2. The molecule has 0 aliphatic carbocycles. The number of nitrogens with zero attached hydrogens (tertiary/aromatic N) is 4. The maximum Gasteiger partial charge on any atom is 0.325 e. The average Bonchev–Trinajstić information content (AvgIpc) is 3.15. The zero-order chi connectivity index (χ0) is 20.5. The van der Waals surface area contributed by atoms with Crippen molar-refractivity contribution in [3.63, 3.8) is 0 Å². The van der Waals surface area contributed by atoms with E-state index in [-0.39, 0.29) is 22.8 Å². The summed E-state index contributed by atoms with van der Waals surface area (Å²) in [5.74, 6) is 0.511. The van der Waals surface area contributed by atoms with Gasteiger partial charge in [0.2, 0.25) is 5.89 Å². The molecule has 2 heterocycles. The number of carbonyl (C=O) groups is 1. The van der Waals surface area contributed by atoms with Crippen LogP contribution in [0.4, 0.5) is 0 Å². The van der Waals surface area contributed by atoms with Crippen LogP contribution in [0, 0.1) is 0 Å². The van der Waals surface area contributed by atoms with Crippen LogP contribution in [0.15, 0.2) is 38.7 Å². The minimum absolute atomic E-state index is 0.223. The molecular weight excluding hydrogens is 380 g/mol. The number of aromatic nitrogens is 4. The van der Waals surface area contributed by atoms with E-state index in [9.17, 15) is 9.59 Å². The summed E-state index contributed by atoms with van der Waals surface area (Å²) in [5.41, 5.74) is 0.0242. The van der Waals surface area contributed by atoms with Gasteiger partial charge in [-0.15, -0.1) is 0 Å². The van der Waals surface area contributed by atoms with E-state index in [2.05, 4.69) is 15.1 Å². The SMILES string of the molecule is COC(=O)Cn1c(SC(C)c2nc(C(C)(C)C)no2)nc2ccccc2c1=O. The zero-order valence-electron chi connectivity index (χ0n) is 16.4. The van der Waals surface area contributed by atoms with Crippen molar-refractivity contribution in [3.8, 4) is 0 Å². The minimum Gasteiger partial charge on any atom is -0.468 e. The first-order valence-corrected chi connectivity index (χ1v) is 9.66. The van der Waals surface area contributed by atoms with Crippen LogP contribution >= 0.6 is 11.8 Å². The van der Waals surface area contributed by atoms with E-state index in [1.165, 1.54) is 23.4 Å². The number of methoxy groups -OCH3 is 1. The number of carbonyl (C=O) groups excluding carboxylic acids is 1. The number of ether oxygens (including phenoxy) is 1. The quantitative estimate of drug-likeness (QED) is 0.365. The molecule has 0 saturated carbocycles. The third-order valence-electron chi connectivity index (χ3n) is 4.08. The molecule has 0 aliphatic heterocycles. The van der Waals surface area contributed by atoms with Gasteiger partial charge < -0.3 is 9.26 Å². The number of thioether (sulfide) groups is 1. The Morgan fingerprint density at radius 3 is 2.64 bits per heavy atom. The topological polar surface area (TPSA) is 100 Å². The Labute approximate surface area is 166 Å². The molecule has 9 heteroatoms. The molecule has 0 radical (unpaired) electrons. The standard InChI is InChI=1S/C19H22N4O4S/c1-11(15-21-17(22-27-15)19(2,3)4)28-18-20-13-9-7-6-8-12(13)16(25)23(18)10-14(24)26-5/h6-9,11H,10H2,1-5H3. The molecule has 0 spiro atoms. The summed E-state index contributed by atoms with van der Waals surface area (Å²) >= 11 is 1.28. The molecular formula is C19H22N4O4S. The van der Waals surface area contributed by atoms with Crippen molar-refractivity contribution < 1.29 is 14.1 Å². The molecule has 3 rings (SSSR count). The molecule has 0 aliphatic rings. The van der Waals surface area contributed by atoms with Crippen molar-refractivity contribution in [2.45, 2.75) is 50.1 Å². The predicted molar refractivity (Wildman–Crippen MR) is 105 cm³/mol. The van der Waals surface area contributed by atoms with Crippen molar-refractivity contribution in [2.75, 3.05) is 7.11 Å². The lowest BCUT2D eigenvalue weighted by molar-refractivity contribution is -0.141. The van der Waals surface area contributed by atoms with E-state index in [1.807, 2.05) is 33.8 Å². The summed E-state index contributed by atoms with van der Waals surface area (Å²) < 4.78 is 11.4. The van der Waals surface area contributed by atoms with Crippen LogP contribution in [0.1, 0.15) is 44.7 Å². The summed E-state index contributed by atoms with van der Waals surface area (Å²) in [4.78, 5) is 33.8. The first kappa shape index (κ1) is 20.1. The third-order valence-corrected chi connectivity index (χ3v) is 5.16. The normalized spacial score (nSPS) is 12.9. The van der Waals surface area contributed by atoms with Gasteiger partial charge in [0.1, 0.15) is 6.54 Å². The van der Waals surface area contributed by atoms with Crippen LogP contribution in [0.3, 0.4) is 0 Å². The molecule has 0 N–H and O–H groups in total. The van der Waals surface area contributed by atoms with E-state index in [1.54, 1.807) is 18.2 Å². The highest BCUT2D eigenvalue weighted by molar-refractivity contribution is 7.99. The van der Waals surface area contributed by atoms with E-state index >= 15 is 0 Å². The van der Waals surface area contributed by atoms with Gasteiger partial charge in [-0.05, 0) is 19.1 Å². The molecule has 28 heavy (non-hydrogen) atoms. The molecule has 3 aromatic rings. The molecule has 148 valence electrons. The fourth-order valence-corrected chi connectivity index (χ4v) is 3.42. The van der Waals surface area contributed by atoms with Gasteiger partial charge in [0, 0.05) is 5.41 Å². The summed E-state index contributed by atoms with van der Waals surface area (Å²) in [6.45, 7) is 7.66. The largest absolute Gasteiger partial charge is 0.468 e. The smallest absolute Gasteiger partial charge is 0.325 e. The number of esters is 1. The molecule has 0 fully saturated rings. The van der Waals surface area contributed by atoms with Crippen LogP contribution in [0.5, 0.6) is 0 Å². The summed E-state index contributed by atoms with van der Waals surface area (Å²) in [7, 11) is 1.28. The van der Waals surface area contributed by atoms with Crippen LogP contribution in [0.25, 0.3) is 10.9 Å². The van der Waals surface area contributed by atoms with Gasteiger partial charge in [-0.1, -0.05) is 49.8 Å². The van der Waals surface area contributed by atoms with Crippen molar-refractivity contribution in [1.82, 2.24) is 19.7 Å². The Morgan fingerprint density at radius 1 is 1.29 bits per heavy atom. The first-order chi connectivity index (χ1) is 13.2. The lowest BCUT2D eigenvalue weighted by atomic mass is 9.96. The molecule has 1 unspecified atom stereocenters. The highest BCUT2D eigenvalue weighted by Crippen LogP contribution is 2.34. The fraction of sp³-hybridized carbons (Fsp3) is 0.421. The van der Waals surface area contributed by atoms with Crippen LogP contribution in [-0.4, -0.2) is 32.8 Å². The van der Waals surface area contributed by atoms with Gasteiger partial charge in [-0.3, -0.25) is 14.2 Å². The molecule has 1 aromatic carbocycles. The summed E-state index contributed by atoms with van der Waals surface area (Å²) in [6.07, 6.45) is 0. The van der Waals surface area contributed by atoms with Gasteiger partial charge in [0.05, 0.1) is 23.3 Å². The molecule has 8 nitrogen and oxygen atoms in total. The number of benzene rings is 1. The summed E-state index contributed by atoms with van der Waals surface area (Å²) in [6, 6.07) is 7.02. The monoisotopic (exact) mass is 402 g/mol. The number of fused-ring (bicyclic) bond motifs is 1. The van der Waals surface area contributed by atoms with Gasteiger partial charge in [0.25, 0.3) is 5.56 Å². The van der Waals surface area contributed by atoms with Gasteiger partial charge in [0.15, 0.2) is 11.0 Å². The fourth-order valence-electron chi connectivity index (χ4n) is 2.48. The maximum absolute atomic E-state index is 12.9. The second-order valence-electron chi connectivity index (χ2n) is 7.35. The van der Waals surface area contributed by atoms with Crippen molar-refractivity contribution in [3.05, 3.63) is 46.3 Å². The minimum atomic E-state index is -0.526. The van der Waals surface area contributed by atoms with Gasteiger partial charge >= 0.3 is 5.97 Å². The van der Waals surface area contributed by atoms with Crippen LogP contribution in [-0.2, 0) is 21.5 Å². The molecule has 0 bridgehead atoms. The van der Waals surface area contributed by atoms with E-state index in [4.69, 9.17) is 9.26 Å². The third kappa shape index (κ3) is 4.09. The summed E-state index contributed by atoms with van der Waals surface area (Å²) in [5, 5.41) is 4.60. The first-order valence-electron chi connectivity index (χ1n) is 8.78. The lowest BCUT2D eigenvalue weighted by Crippen LogP contribution is -2.27. The van der Waals surface area contributed by atoms with Crippen molar-refractivity contribution in [1.29, 1.82) is 0 Å². The Kier molecular flexibility index (Phi) is 5.55. The highest BCUT2D eigenvalue weighted by Gasteiger charge is 2.25. The molecule has 0 saturated heterocycles. The second-order valence-corrected chi connectivity index (χ2v) is 8.65. The number of para-hydroxylation sites is 1. The van der Waals surface area contributed by atoms with Crippen LogP contribution in [0.2, 0.25) is 0 Å². The average molecular weight is 402 g/mol. The lowest BCUT2D eigenvalue weighted by Gasteiger charge is -2.14. The van der Waals surface area contributed by atoms with Crippen molar-refractivity contribution in [2.24, 2.45) is 0 Å². The van der Waals surface area contributed by atoms with Crippen LogP contribution < -0.4 is 5.56 Å². The van der Waals surface area contributed by atoms with Gasteiger partial charge in [-0.2, -0.15) is 4.98 Å². The Balaban J connectivity index is 2.01. The van der Waals surface area contributed by atoms with Gasteiger partial charge in [-0.25, -0.2) is 4.98 Å². The number of hydrogen-bond acceptors (Lipinski definition) is 8. The predicted octanol–water partition coefficient (Wildman–Crippen LogP) is 3.10. The van der Waals surface area contributed by atoms with E-state index in [0.29, 0.717) is 27.8 Å². The molecule has 0 amide bonds. The van der Waals surface area contributed by atoms with E-state index < -0.39 is 5.97 Å². The number of hydrogen-bond donors (Lipinski definition) is 0. The Morgan fingerprint density at radius 2 is 2.00 bits per heavy atom. The number of rotatable bonds is 5. The van der Waals surface area contributed by atoms with Crippen molar-refractivity contribution >= 4 is 28.6 Å². The molecule has 2 aromatic heterocycles. The highest BCUT2D eigenvalue weighted by atomic mass is 32.2. The van der Waals surface area contributed by atoms with E-state index in [0.717, 1.165) is 0 Å². The molecule has 1 atom stereocenters.